The lowest BCUT2D eigenvalue weighted by Gasteiger charge is -2.68. The number of rotatable bonds is 11. The van der Waals surface area contributed by atoms with E-state index in [2.05, 4.69) is 34.6 Å². The van der Waals surface area contributed by atoms with E-state index in [1.807, 2.05) is 6.92 Å². The Morgan fingerprint density at radius 1 is 1.18 bits per heavy atom. The average molecular weight is 537 g/mol. The molecule has 0 amide bonds. The minimum Gasteiger partial charge on any atom is -0.462 e. The third-order valence-electron chi connectivity index (χ3n) is 10.1. The van der Waals surface area contributed by atoms with Crippen LogP contribution in [0.3, 0.4) is 0 Å². The van der Waals surface area contributed by atoms with Crippen LogP contribution in [0.15, 0.2) is 11.6 Å². The molecule has 0 aromatic carbocycles. The highest BCUT2D eigenvalue weighted by molar-refractivity contribution is 5.85. The van der Waals surface area contributed by atoms with Crippen molar-refractivity contribution in [3.8, 4) is 0 Å². The number of carbonyl (C=O) groups excluding carboxylic acids is 2. The molecular formula is C31H52O7. The first-order valence-electron chi connectivity index (χ1n) is 14.8. The van der Waals surface area contributed by atoms with Crippen LogP contribution in [0.4, 0.5) is 0 Å². The van der Waals surface area contributed by atoms with Gasteiger partial charge in [0.05, 0.1) is 23.2 Å². The SMILES string of the molecule is CC(=O)O[C@@H]1C[C@@H](C)[C@](O)(CCC2=CC(=O)OC2)[C@@]2([C@@H](O)CC[C@@H](C)CCC(C)C)[C@@H](O)CCC(C)(C)[C@H]12. The highest BCUT2D eigenvalue weighted by atomic mass is 16.5. The summed E-state index contributed by atoms with van der Waals surface area (Å²) in [6.45, 7) is 14.4. The Morgan fingerprint density at radius 3 is 2.42 bits per heavy atom. The summed E-state index contributed by atoms with van der Waals surface area (Å²) in [4.78, 5) is 23.9. The second-order valence-electron chi connectivity index (χ2n) is 13.7. The van der Waals surface area contributed by atoms with Gasteiger partial charge in [0.2, 0.25) is 0 Å². The molecule has 0 aromatic rings. The molecule has 7 heteroatoms. The first-order chi connectivity index (χ1) is 17.6. The summed E-state index contributed by atoms with van der Waals surface area (Å²) in [5, 5.41) is 36.8. The third kappa shape index (κ3) is 6.00. The van der Waals surface area contributed by atoms with Gasteiger partial charge in [0.15, 0.2) is 0 Å². The molecule has 2 saturated carbocycles. The lowest BCUT2D eigenvalue weighted by molar-refractivity contribution is -0.318. The van der Waals surface area contributed by atoms with Crippen molar-refractivity contribution in [3.05, 3.63) is 11.6 Å². The van der Waals surface area contributed by atoms with E-state index in [1.165, 1.54) is 13.0 Å². The van der Waals surface area contributed by atoms with Crippen molar-refractivity contribution in [2.75, 3.05) is 6.61 Å². The maximum absolute atomic E-state index is 12.8. The monoisotopic (exact) mass is 536 g/mol. The van der Waals surface area contributed by atoms with Crippen molar-refractivity contribution < 1.29 is 34.4 Å². The van der Waals surface area contributed by atoms with E-state index in [0.717, 1.165) is 24.8 Å². The standard InChI is InChI=1S/C31H52O7/c1-19(2)8-9-20(3)10-11-25(33)31-26(34)13-14-29(6,7)28(31)24(38-22(5)32)16-21(4)30(31,36)15-12-23-17-27(35)37-18-23/h17,19-21,24-26,28,33-34,36H,8-16,18H2,1-7H3/t20-,21+,24+,25-,26-,28-,30+,31-/m0/s1. The molecular weight excluding hydrogens is 484 g/mol. The Kier molecular flexibility index (Phi) is 9.80. The molecule has 0 spiro atoms. The van der Waals surface area contributed by atoms with Gasteiger partial charge >= 0.3 is 11.9 Å². The molecule has 1 aliphatic heterocycles. The number of carbonyl (C=O) groups is 2. The van der Waals surface area contributed by atoms with Crippen molar-refractivity contribution in [2.45, 2.75) is 130 Å². The number of aliphatic hydroxyl groups excluding tert-OH is 2. The molecule has 218 valence electrons. The van der Waals surface area contributed by atoms with Crippen molar-refractivity contribution >= 4 is 11.9 Å². The van der Waals surface area contributed by atoms with Gasteiger partial charge in [-0.25, -0.2) is 4.79 Å². The Labute approximate surface area is 229 Å². The van der Waals surface area contributed by atoms with E-state index in [9.17, 15) is 24.9 Å². The number of aliphatic hydroxyl groups is 3. The normalized spacial score (nSPS) is 36.3. The molecule has 3 aliphatic rings. The molecule has 2 fully saturated rings. The minimum absolute atomic E-state index is 0.208. The molecule has 0 radical (unpaired) electrons. The van der Waals surface area contributed by atoms with Crippen molar-refractivity contribution in [3.63, 3.8) is 0 Å². The van der Waals surface area contributed by atoms with Crippen LogP contribution in [-0.2, 0) is 19.1 Å². The zero-order chi connectivity index (χ0) is 28.5. The van der Waals surface area contributed by atoms with Crippen molar-refractivity contribution in [1.29, 1.82) is 0 Å². The number of fused-ring (bicyclic) bond motifs is 1. The number of cyclic esters (lactones) is 1. The summed E-state index contributed by atoms with van der Waals surface area (Å²) in [6.07, 6.45) is 4.77. The number of hydrogen-bond donors (Lipinski definition) is 3. The van der Waals surface area contributed by atoms with E-state index >= 15 is 0 Å². The summed E-state index contributed by atoms with van der Waals surface area (Å²) in [7, 11) is 0. The highest BCUT2D eigenvalue weighted by Crippen LogP contribution is 2.66. The van der Waals surface area contributed by atoms with Gasteiger partial charge in [-0.3, -0.25) is 4.79 Å². The van der Waals surface area contributed by atoms with Crippen LogP contribution in [0.5, 0.6) is 0 Å². The maximum Gasteiger partial charge on any atom is 0.331 e. The fourth-order valence-electron chi connectivity index (χ4n) is 8.09. The number of esters is 2. The van der Waals surface area contributed by atoms with Crippen molar-refractivity contribution in [2.24, 2.45) is 34.5 Å². The predicted octanol–water partition coefficient (Wildman–Crippen LogP) is 4.95. The lowest BCUT2D eigenvalue weighted by Crippen LogP contribution is -2.76. The third-order valence-corrected chi connectivity index (χ3v) is 10.1. The molecule has 8 atom stereocenters. The minimum atomic E-state index is -1.43. The van der Waals surface area contributed by atoms with Gasteiger partial charge in [-0.15, -0.1) is 0 Å². The number of ether oxygens (including phenoxy) is 2. The van der Waals surface area contributed by atoms with Gasteiger partial charge < -0.3 is 24.8 Å². The predicted molar refractivity (Wildman–Crippen MR) is 146 cm³/mol. The Morgan fingerprint density at radius 2 is 1.84 bits per heavy atom. The molecule has 0 unspecified atom stereocenters. The van der Waals surface area contributed by atoms with Crippen LogP contribution in [0.1, 0.15) is 106 Å². The molecule has 1 heterocycles. The Bertz CT molecular complexity index is 879. The second-order valence-corrected chi connectivity index (χ2v) is 13.7. The van der Waals surface area contributed by atoms with Crippen molar-refractivity contribution in [1.82, 2.24) is 0 Å². The van der Waals surface area contributed by atoms with Gasteiger partial charge in [0.1, 0.15) is 12.7 Å². The largest absolute Gasteiger partial charge is 0.462 e. The fraction of sp³-hybridized carbons (Fsp3) is 0.871. The van der Waals surface area contributed by atoms with Crippen LogP contribution in [-0.4, -0.2) is 57.8 Å². The molecule has 2 aliphatic carbocycles. The summed E-state index contributed by atoms with van der Waals surface area (Å²) in [6, 6.07) is 0. The van der Waals surface area contributed by atoms with Gasteiger partial charge in [-0.05, 0) is 73.7 Å². The molecule has 3 N–H and O–H groups in total. The first kappa shape index (κ1) is 31.1. The fourth-order valence-corrected chi connectivity index (χ4v) is 8.09. The first-order valence-corrected chi connectivity index (χ1v) is 14.8. The topological polar surface area (TPSA) is 113 Å². The van der Waals surface area contributed by atoms with Crippen LogP contribution < -0.4 is 0 Å². The van der Waals surface area contributed by atoms with E-state index in [-0.39, 0.29) is 36.3 Å². The molecule has 38 heavy (non-hydrogen) atoms. The molecule has 0 saturated heterocycles. The van der Waals surface area contributed by atoms with Gasteiger partial charge in [-0.2, -0.15) is 0 Å². The Hall–Kier alpha value is -1.44. The van der Waals surface area contributed by atoms with Gasteiger partial charge in [0, 0.05) is 18.9 Å². The maximum atomic E-state index is 12.8. The zero-order valence-corrected chi connectivity index (χ0v) is 24.7. The van der Waals surface area contributed by atoms with E-state index < -0.39 is 35.2 Å². The molecule has 0 bridgehead atoms. The van der Waals surface area contributed by atoms with Crippen LogP contribution in [0.25, 0.3) is 0 Å². The average Bonchev–Trinajstić information content (AvgIpc) is 3.24. The zero-order valence-electron chi connectivity index (χ0n) is 24.7. The molecule has 0 aromatic heterocycles. The van der Waals surface area contributed by atoms with Crippen LogP contribution in [0.2, 0.25) is 0 Å². The second kappa shape index (κ2) is 12.0. The van der Waals surface area contributed by atoms with Gasteiger partial charge in [0.25, 0.3) is 0 Å². The van der Waals surface area contributed by atoms with E-state index in [4.69, 9.17) is 9.47 Å². The van der Waals surface area contributed by atoms with Gasteiger partial charge in [-0.1, -0.05) is 54.4 Å². The highest BCUT2D eigenvalue weighted by Gasteiger charge is 2.72. The summed E-state index contributed by atoms with van der Waals surface area (Å²) < 4.78 is 11.0. The Balaban J connectivity index is 2.05. The molecule has 3 rings (SSSR count). The summed E-state index contributed by atoms with van der Waals surface area (Å²) in [5.41, 5.74) is -2.29. The lowest BCUT2D eigenvalue weighted by atomic mass is 9.39. The van der Waals surface area contributed by atoms with E-state index in [1.54, 1.807) is 0 Å². The smallest absolute Gasteiger partial charge is 0.331 e. The quantitative estimate of drug-likeness (QED) is 0.320. The van der Waals surface area contributed by atoms with E-state index in [0.29, 0.717) is 43.9 Å². The summed E-state index contributed by atoms with van der Waals surface area (Å²) >= 11 is 0. The molecule has 7 nitrogen and oxygen atoms in total. The van der Waals surface area contributed by atoms with Crippen LogP contribution in [0, 0.1) is 34.5 Å². The number of hydrogen-bond acceptors (Lipinski definition) is 7. The summed E-state index contributed by atoms with van der Waals surface area (Å²) in [5.74, 6) is -0.526. The van der Waals surface area contributed by atoms with Crippen LogP contribution >= 0.6 is 0 Å².